The summed E-state index contributed by atoms with van der Waals surface area (Å²) in [4.78, 5) is 14.2. The summed E-state index contributed by atoms with van der Waals surface area (Å²) in [5.41, 5.74) is 14.0. The fourth-order valence-corrected chi connectivity index (χ4v) is 0.997. The van der Waals surface area contributed by atoms with Crippen LogP contribution in [0.2, 0.25) is 0 Å². The average molecular weight is 202 g/mol. The maximum Gasteiger partial charge on any atom is 0.266 e. The number of hydrogen-bond acceptors (Lipinski definition) is 4. The van der Waals surface area contributed by atoms with Gasteiger partial charge in [0.25, 0.3) is 12.3 Å². The quantitative estimate of drug-likeness (QED) is 0.640. The third-order valence-electron chi connectivity index (χ3n) is 1.66. The van der Waals surface area contributed by atoms with Crippen LogP contribution in [0.15, 0.2) is 6.20 Å². The fraction of sp³-hybridized carbons (Fsp3) is 0.143. The van der Waals surface area contributed by atoms with Gasteiger partial charge in [-0.2, -0.15) is 0 Å². The van der Waals surface area contributed by atoms with Gasteiger partial charge in [0.15, 0.2) is 0 Å². The number of nitrogens with zero attached hydrogens (tertiary/aromatic N) is 1. The highest BCUT2D eigenvalue weighted by Crippen LogP contribution is 2.28. The van der Waals surface area contributed by atoms with E-state index in [1.165, 1.54) is 0 Å². The summed E-state index contributed by atoms with van der Waals surface area (Å²) in [5, 5.41) is 0. The van der Waals surface area contributed by atoms with Gasteiger partial charge in [-0.15, -0.1) is 0 Å². The zero-order valence-electron chi connectivity index (χ0n) is 7.00. The molecule has 7 heteroatoms. The van der Waals surface area contributed by atoms with E-state index in [1.807, 2.05) is 0 Å². The number of hydrogen-bond donors (Lipinski definition) is 3. The molecule has 1 rings (SSSR count). The molecule has 5 nitrogen and oxygen atoms in total. The first-order chi connectivity index (χ1) is 6.45. The van der Waals surface area contributed by atoms with Crippen molar-refractivity contribution in [2.75, 3.05) is 11.5 Å². The Morgan fingerprint density at radius 1 is 1.43 bits per heavy atom. The monoisotopic (exact) mass is 202 g/mol. The zero-order valence-corrected chi connectivity index (χ0v) is 7.00. The van der Waals surface area contributed by atoms with E-state index in [-0.39, 0.29) is 11.5 Å². The van der Waals surface area contributed by atoms with Crippen LogP contribution >= 0.6 is 0 Å². The van der Waals surface area contributed by atoms with Crippen molar-refractivity contribution >= 4 is 17.4 Å². The Labute approximate surface area is 77.9 Å². The van der Waals surface area contributed by atoms with Gasteiger partial charge in [0.1, 0.15) is 5.82 Å². The van der Waals surface area contributed by atoms with Crippen molar-refractivity contribution in [3.05, 3.63) is 17.3 Å². The van der Waals surface area contributed by atoms with Crippen molar-refractivity contribution in [3.63, 3.8) is 0 Å². The molecule has 0 unspecified atom stereocenters. The Hall–Kier alpha value is -1.92. The zero-order chi connectivity index (χ0) is 10.9. The molecule has 0 saturated carbocycles. The van der Waals surface area contributed by atoms with Crippen molar-refractivity contribution < 1.29 is 13.6 Å². The lowest BCUT2D eigenvalue weighted by Crippen LogP contribution is -2.18. The van der Waals surface area contributed by atoms with Gasteiger partial charge in [-0.25, -0.2) is 13.8 Å². The number of halogens is 2. The SMILES string of the molecule is NC(=O)c1c(C(F)F)cnc(N)c1N. The molecule has 0 spiro atoms. The number of alkyl halides is 2. The second-order valence-corrected chi connectivity index (χ2v) is 2.55. The van der Waals surface area contributed by atoms with E-state index in [4.69, 9.17) is 17.2 Å². The summed E-state index contributed by atoms with van der Waals surface area (Å²) < 4.78 is 24.7. The maximum absolute atomic E-state index is 12.4. The van der Waals surface area contributed by atoms with E-state index in [0.717, 1.165) is 6.20 Å². The number of aromatic nitrogens is 1. The third kappa shape index (κ3) is 1.56. The molecule has 14 heavy (non-hydrogen) atoms. The molecule has 0 saturated heterocycles. The lowest BCUT2D eigenvalue weighted by Gasteiger charge is -2.09. The smallest absolute Gasteiger partial charge is 0.266 e. The maximum atomic E-state index is 12.4. The Morgan fingerprint density at radius 3 is 2.43 bits per heavy atom. The van der Waals surface area contributed by atoms with Crippen molar-refractivity contribution in [2.24, 2.45) is 5.73 Å². The van der Waals surface area contributed by atoms with E-state index in [9.17, 15) is 13.6 Å². The molecule has 0 aliphatic rings. The fourth-order valence-electron chi connectivity index (χ4n) is 0.997. The summed E-state index contributed by atoms with van der Waals surface area (Å²) >= 11 is 0. The predicted octanol–water partition coefficient (Wildman–Crippen LogP) is 0.282. The number of anilines is 2. The average Bonchev–Trinajstić information content (AvgIpc) is 2.08. The standard InChI is InChI=1S/C7H8F2N4O/c8-5(9)2-1-13-6(11)4(10)3(2)7(12)14/h1,5H,10H2,(H2,11,13)(H2,12,14). The van der Waals surface area contributed by atoms with Gasteiger partial charge in [0.2, 0.25) is 0 Å². The highest BCUT2D eigenvalue weighted by molar-refractivity contribution is 6.01. The van der Waals surface area contributed by atoms with Gasteiger partial charge in [0, 0.05) is 6.20 Å². The summed E-state index contributed by atoms with van der Waals surface area (Å²) in [7, 11) is 0. The first kappa shape index (κ1) is 10.2. The molecule has 0 aliphatic carbocycles. The number of primary amides is 1. The van der Waals surface area contributed by atoms with E-state index in [2.05, 4.69) is 4.98 Å². The van der Waals surface area contributed by atoms with Crippen LogP contribution in [0.1, 0.15) is 22.3 Å². The Kier molecular flexibility index (Phi) is 2.50. The second kappa shape index (κ2) is 3.44. The van der Waals surface area contributed by atoms with Crippen LogP contribution in [-0.4, -0.2) is 10.9 Å². The molecule has 0 aliphatic heterocycles. The van der Waals surface area contributed by atoms with Crippen molar-refractivity contribution in [3.8, 4) is 0 Å². The second-order valence-electron chi connectivity index (χ2n) is 2.55. The number of nitrogen functional groups attached to an aromatic ring is 2. The Bertz CT molecular complexity index is 380. The largest absolute Gasteiger partial charge is 0.395 e. The number of rotatable bonds is 2. The summed E-state index contributed by atoms with van der Waals surface area (Å²) in [6.45, 7) is 0. The first-order valence-electron chi connectivity index (χ1n) is 3.57. The number of pyridine rings is 1. The lowest BCUT2D eigenvalue weighted by molar-refractivity contribution is 0.0987. The molecule has 0 aromatic carbocycles. The minimum atomic E-state index is -2.87. The topological polar surface area (TPSA) is 108 Å². The van der Waals surface area contributed by atoms with Crippen LogP contribution < -0.4 is 17.2 Å². The van der Waals surface area contributed by atoms with Gasteiger partial charge in [0.05, 0.1) is 16.8 Å². The van der Waals surface area contributed by atoms with Crippen molar-refractivity contribution in [1.82, 2.24) is 4.98 Å². The van der Waals surface area contributed by atoms with E-state index in [0.29, 0.717) is 0 Å². The molecule has 1 aromatic rings. The minimum Gasteiger partial charge on any atom is -0.395 e. The molecule has 6 N–H and O–H groups in total. The number of nitrogens with two attached hydrogens (primary N) is 3. The van der Waals surface area contributed by atoms with Gasteiger partial charge >= 0.3 is 0 Å². The lowest BCUT2D eigenvalue weighted by atomic mass is 10.1. The van der Waals surface area contributed by atoms with E-state index < -0.39 is 23.5 Å². The van der Waals surface area contributed by atoms with Gasteiger partial charge < -0.3 is 17.2 Å². The minimum absolute atomic E-state index is 0.191. The number of amides is 1. The van der Waals surface area contributed by atoms with Gasteiger partial charge in [-0.1, -0.05) is 0 Å². The number of carbonyl (C=O) groups is 1. The molecule has 0 atom stereocenters. The molecular formula is C7H8F2N4O. The van der Waals surface area contributed by atoms with Crippen LogP contribution in [0.4, 0.5) is 20.3 Å². The normalized spacial score (nSPS) is 10.5. The van der Waals surface area contributed by atoms with Gasteiger partial charge in [-0.05, 0) is 0 Å². The molecule has 0 fully saturated rings. The van der Waals surface area contributed by atoms with Crippen LogP contribution in [-0.2, 0) is 0 Å². The van der Waals surface area contributed by atoms with Crippen LogP contribution in [0, 0.1) is 0 Å². The molecule has 0 radical (unpaired) electrons. The molecular weight excluding hydrogens is 194 g/mol. The third-order valence-corrected chi connectivity index (χ3v) is 1.66. The van der Waals surface area contributed by atoms with Gasteiger partial charge in [-0.3, -0.25) is 4.79 Å². The molecule has 76 valence electrons. The molecule has 1 aromatic heterocycles. The predicted molar refractivity (Wildman–Crippen MR) is 46.5 cm³/mol. The van der Waals surface area contributed by atoms with Crippen molar-refractivity contribution in [1.29, 1.82) is 0 Å². The van der Waals surface area contributed by atoms with E-state index in [1.54, 1.807) is 0 Å². The first-order valence-corrected chi connectivity index (χ1v) is 3.57. The Morgan fingerprint density at radius 2 is 2.00 bits per heavy atom. The number of carbonyl (C=O) groups excluding carboxylic acids is 1. The summed E-state index contributed by atoms with van der Waals surface area (Å²) in [6.07, 6.45) is -2.08. The van der Waals surface area contributed by atoms with E-state index >= 15 is 0 Å². The van der Waals surface area contributed by atoms with Crippen LogP contribution in [0.5, 0.6) is 0 Å². The van der Waals surface area contributed by atoms with Crippen molar-refractivity contribution in [2.45, 2.75) is 6.43 Å². The molecule has 0 bridgehead atoms. The highest BCUT2D eigenvalue weighted by Gasteiger charge is 2.21. The Balaban J connectivity index is 3.45. The highest BCUT2D eigenvalue weighted by atomic mass is 19.3. The summed E-state index contributed by atoms with van der Waals surface area (Å²) in [6, 6.07) is 0. The molecule has 1 heterocycles. The van der Waals surface area contributed by atoms with Crippen LogP contribution in [0.25, 0.3) is 0 Å². The van der Waals surface area contributed by atoms with Crippen LogP contribution in [0.3, 0.4) is 0 Å². The molecule has 1 amide bonds. The summed E-state index contributed by atoms with van der Waals surface area (Å²) in [5.74, 6) is -1.24.